The Bertz CT molecular complexity index is 391. The second kappa shape index (κ2) is 4.58. The van der Waals surface area contributed by atoms with Gasteiger partial charge < -0.3 is 0 Å². The third-order valence-electron chi connectivity index (χ3n) is 3.81. The van der Waals surface area contributed by atoms with Crippen molar-refractivity contribution >= 4 is 17.4 Å². The predicted molar refractivity (Wildman–Crippen MR) is 67.0 cm³/mol. The summed E-state index contributed by atoms with van der Waals surface area (Å²) in [5.41, 5.74) is 0.668. The van der Waals surface area contributed by atoms with Crippen molar-refractivity contribution in [3.8, 4) is 0 Å². The predicted octanol–water partition coefficient (Wildman–Crippen LogP) is 4.49. The van der Waals surface area contributed by atoms with Crippen LogP contribution in [0, 0.1) is 5.41 Å². The second-order valence-electron chi connectivity index (χ2n) is 4.68. The highest BCUT2D eigenvalue weighted by Crippen LogP contribution is 2.43. The minimum atomic E-state index is -0.106. The van der Waals surface area contributed by atoms with Crippen molar-refractivity contribution < 1.29 is 4.79 Å². The number of benzene rings is 1. The first-order chi connectivity index (χ1) is 7.68. The zero-order valence-electron chi connectivity index (χ0n) is 9.63. The molecule has 0 aliphatic heterocycles. The third kappa shape index (κ3) is 2.01. The molecule has 1 saturated carbocycles. The van der Waals surface area contributed by atoms with Crippen molar-refractivity contribution in [2.75, 3.05) is 0 Å². The Morgan fingerprint density at radius 3 is 2.62 bits per heavy atom. The first-order valence-electron chi connectivity index (χ1n) is 5.98. The lowest BCUT2D eigenvalue weighted by atomic mass is 9.76. The van der Waals surface area contributed by atoms with Crippen molar-refractivity contribution in [1.82, 2.24) is 0 Å². The van der Waals surface area contributed by atoms with Gasteiger partial charge in [0.25, 0.3) is 0 Å². The molecule has 1 nitrogen and oxygen atoms in total. The summed E-state index contributed by atoms with van der Waals surface area (Å²) in [4.78, 5) is 12.5. The molecule has 0 saturated heterocycles. The quantitative estimate of drug-likeness (QED) is 0.707. The average molecular weight is 237 g/mol. The lowest BCUT2D eigenvalue weighted by molar-refractivity contribution is 0.0791. The Morgan fingerprint density at radius 2 is 2.06 bits per heavy atom. The fraction of sp³-hybridized carbons (Fsp3) is 0.500. The van der Waals surface area contributed by atoms with Crippen LogP contribution in [-0.4, -0.2) is 5.78 Å². The summed E-state index contributed by atoms with van der Waals surface area (Å²) in [6.07, 6.45) is 5.38. The van der Waals surface area contributed by atoms with E-state index in [9.17, 15) is 4.79 Å². The number of Topliss-reactive ketones (excluding diaryl/α,β-unsaturated/α-hetero) is 1. The van der Waals surface area contributed by atoms with Crippen molar-refractivity contribution in [3.63, 3.8) is 0 Å². The van der Waals surface area contributed by atoms with E-state index in [1.54, 1.807) is 6.07 Å². The number of rotatable bonds is 3. The summed E-state index contributed by atoms with van der Waals surface area (Å²) < 4.78 is 0. The lowest BCUT2D eigenvalue weighted by Gasteiger charge is -2.25. The number of hydrogen-bond acceptors (Lipinski definition) is 1. The fourth-order valence-electron chi connectivity index (χ4n) is 2.73. The number of carbonyl (C=O) groups is 1. The molecule has 86 valence electrons. The van der Waals surface area contributed by atoms with Gasteiger partial charge in [0, 0.05) is 16.0 Å². The van der Waals surface area contributed by atoms with Crippen molar-refractivity contribution in [3.05, 3.63) is 34.9 Å². The molecule has 0 heterocycles. The van der Waals surface area contributed by atoms with Gasteiger partial charge in [0.05, 0.1) is 0 Å². The zero-order chi connectivity index (χ0) is 11.6. The molecule has 2 heteroatoms. The molecule has 1 aromatic carbocycles. The molecular formula is C14H17ClO. The zero-order valence-corrected chi connectivity index (χ0v) is 10.4. The van der Waals surface area contributed by atoms with Crippen LogP contribution in [0.15, 0.2) is 24.3 Å². The molecule has 1 aromatic rings. The first kappa shape index (κ1) is 11.7. The van der Waals surface area contributed by atoms with Crippen LogP contribution < -0.4 is 0 Å². The molecule has 0 N–H and O–H groups in total. The summed E-state index contributed by atoms with van der Waals surface area (Å²) in [5, 5.41) is 0.648. The minimum Gasteiger partial charge on any atom is -0.294 e. The summed E-state index contributed by atoms with van der Waals surface area (Å²) >= 11 is 5.93. The SMILES string of the molecule is CCC1(C(=O)c2cccc(Cl)c2)CCCC1. The molecule has 16 heavy (non-hydrogen) atoms. The summed E-state index contributed by atoms with van der Waals surface area (Å²) in [5.74, 6) is 0.287. The first-order valence-corrected chi connectivity index (χ1v) is 6.36. The van der Waals surface area contributed by atoms with Crippen LogP contribution in [0.4, 0.5) is 0 Å². The molecule has 0 atom stereocenters. The summed E-state index contributed by atoms with van der Waals surface area (Å²) in [7, 11) is 0. The van der Waals surface area contributed by atoms with E-state index in [0.29, 0.717) is 5.02 Å². The highest BCUT2D eigenvalue weighted by molar-refractivity contribution is 6.31. The van der Waals surface area contributed by atoms with Crippen LogP contribution in [0.1, 0.15) is 49.4 Å². The Kier molecular flexibility index (Phi) is 3.34. The molecule has 0 spiro atoms. The Labute approximate surface area is 102 Å². The van der Waals surface area contributed by atoms with E-state index in [2.05, 4.69) is 6.92 Å². The van der Waals surface area contributed by atoms with Crippen molar-refractivity contribution in [1.29, 1.82) is 0 Å². The van der Waals surface area contributed by atoms with Crippen LogP contribution in [-0.2, 0) is 0 Å². The normalized spacial score (nSPS) is 18.6. The monoisotopic (exact) mass is 236 g/mol. The Balaban J connectivity index is 2.30. The fourth-order valence-corrected chi connectivity index (χ4v) is 2.92. The van der Waals surface area contributed by atoms with Crippen LogP contribution in [0.2, 0.25) is 5.02 Å². The molecule has 1 aliphatic carbocycles. The summed E-state index contributed by atoms with van der Waals surface area (Å²) in [6, 6.07) is 7.34. The van der Waals surface area contributed by atoms with Gasteiger partial charge in [0.1, 0.15) is 0 Å². The number of carbonyl (C=O) groups excluding carboxylic acids is 1. The molecule has 2 rings (SSSR count). The van der Waals surface area contributed by atoms with Gasteiger partial charge in [-0.2, -0.15) is 0 Å². The van der Waals surface area contributed by atoms with Crippen LogP contribution in [0.5, 0.6) is 0 Å². The van der Waals surface area contributed by atoms with Gasteiger partial charge >= 0.3 is 0 Å². The van der Waals surface area contributed by atoms with Gasteiger partial charge in [-0.3, -0.25) is 4.79 Å². The minimum absolute atomic E-state index is 0.106. The maximum absolute atomic E-state index is 12.5. The van der Waals surface area contributed by atoms with Gasteiger partial charge in [-0.05, 0) is 31.4 Å². The molecule has 0 amide bonds. The van der Waals surface area contributed by atoms with Gasteiger partial charge in [-0.1, -0.05) is 43.5 Å². The smallest absolute Gasteiger partial charge is 0.169 e. The number of hydrogen-bond donors (Lipinski definition) is 0. The average Bonchev–Trinajstić information content (AvgIpc) is 2.78. The second-order valence-corrected chi connectivity index (χ2v) is 5.12. The van der Waals surface area contributed by atoms with E-state index in [-0.39, 0.29) is 11.2 Å². The Hall–Kier alpha value is -0.820. The van der Waals surface area contributed by atoms with Crippen LogP contribution in [0.3, 0.4) is 0 Å². The molecular weight excluding hydrogens is 220 g/mol. The molecule has 0 aromatic heterocycles. The van der Waals surface area contributed by atoms with Gasteiger partial charge in [-0.25, -0.2) is 0 Å². The molecule has 0 radical (unpaired) electrons. The molecule has 0 unspecified atom stereocenters. The van der Waals surface area contributed by atoms with Crippen molar-refractivity contribution in [2.24, 2.45) is 5.41 Å². The van der Waals surface area contributed by atoms with E-state index in [1.807, 2.05) is 18.2 Å². The van der Waals surface area contributed by atoms with Crippen LogP contribution >= 0.6 is 11.6 Å². The maximum atomic E-state index is 12.5. The maximum Gasteiger partial charge on any atom is 0.169 e. The van der Waals surface area contributed by atoms with E-state index in [1.165, 1.54) is 12.8 Å². The largest absolute Gasteiger partial charge is 0.294 e. The number of ketones is 1. The molecule has 1 fully saturated rings. The van der Waals surface area contributed by atoms with Crippen LogP contribution in [0.25, 0.3) is 0 Å². The Morgan fingerprint density at radius 1 is 1.38 bits per heavy atom. The van der Waals surface area contributed by atoms with Crippen molar-refractivity contribution in [2.45, 2.75) is 39.0 Å². The third-order valence-corrected chi connectivity index (χ3v) is 4.04. The standard InChI is InChI=1S/C14H17ClO/c1-2-14(8-3-4-9-14)13(16)11-6-5-7-12(15)10-11/h5-7,10H,2-4,8-9H2,1H3. The van der Waals surface area contributed by atoms with E-state index >= 15 is 0 Å². The van der Waals surface area contributed by atoms with E-state index in [0.717, 1.165) is 24.8 Å². The topological polar surface area (TPSA) is 17.1 Å². The van der Waals surface area contributed by atoms with Gasteiger partial charge in [0.2, 0.25) is 0 Å². The lowest BCUT2D eigenvalue weighted by Crippen LogP contribution is -2.27. The van der Waals surface area contributed by atoms with Gasteiger partial charge in [-0.15, -0.1) is 0 Å². The summed E-state index contributed by atoms with van der Waals surface area (Å²) in [6.45, 7) is 2.12. The van der Waals surface area contributed by atoms with E-state index in [4.69, 9.17) is 11.6 Å². The molecule has 1 aliphatic rings. The van der Waals surface area contributed by atoms with Gasteiger partial charge in [0.15, 0.2) is 5.78 Å². The number of halogens is 1. The molecule has 0 bridgehead atoms. The van der Waals surface area contributed by atoms with E-state index < -0.39 is 0 Å². The highest BCUT2D eigenvalue weighted by atomic mass is 35.5. The highest BCUT2D eigenvalue weighted by Gasteiger charge is 2.39.